The summed E-state index contributed by atoms with van der Waals surface area (Å²) in [5, 5.41) is 9.76. The summed E-state index contributed by atoms with van der Waals surface area (Å²) < 4.78 is 0. The smallest absolute Gasteiger partial charge is 0.329 e. The standard InChI is InChI=1S/C22H25N3O4/c1-15(2)13-18(19(26)27)25-20(28)22(3,17-9-11-23-12-10-17)24(21(25)29)14-16-7-5-4-6-8-16/h4-12,15,18H,13-14H2,1-3H3,(H,26,27)/t18-,22-/m0/s1. The van der Waals surface area contributed by atoms with Crippen molar-refractivity contribution in [3.05, 3.63) is 66.0 Å². The van der Waals surface area contributed by atoms with Gasteiger partial charge in [0.05, 0.1) is 0 Å². The van der Waals surface area contributed by atoms with Crippen LogP contribution in [0, 0.1) is 5.92 Å². The highest BCUT2D eigenvalue weighted by Crippen LogP contribution is 2.39. The van der Waals surface area contributed by atoms with Crippen LogP contribution in [0.2, 0.25) is 0 Å². The Balaban J connectivity index is 2.09. The Morgan fingerprint density at radius 3 is 2.28 bits per heavy atom. The van der Waals surface area contributed by atoms with Gasteiger partial charge in [-0.2, -0.15) is 0 Å². The van der Waals surface area contributed by atoms with Gasteiger partial charge in [-0.05, 0) is 42.5 Å². The van der Waals surface area contributed by atoms with Crippen LogP contribution in [0.3, 0.4) is 0 Å². The van der Waals surface area contributed by atoms with E-state index >= 15 is 0 Å². The van der Waals surface area contributed by atoms with E-state index < -0.39 is 29.5 Å². The molecular formula is C22H25N3O4. The van der Waals surface area contributed by atoms with Crippen molar-refractivity contribution in [1.29, 1.82) is 0 Å². The molecule has 3 rings (SSSR count). The summed E-state index contributed by atoms with van der Waals surface area (Å²) in [4.78, 5) is 45.3. The number of aliphatic carboxylic acids is 1. The van der Waals surface area contributed by atoms with Crippen LogP contribution < -0.4 is 0 Å². The molecule has 152 valence electrons. The molecule has 3 amide bonds. The van der Waals surface area contributed by atoms with Crippen molar-refractivity contribution in [2.45, 2.75) is 45.3 Å². The molecule has 0 unspecified atom stereocenters. The summed E-state index contributed by atoms with van der Waals surface area (Å²) in [5.74, 6) is -1.70. The molecule has 0 spiro atoms. The number of pyridine rings is 1. The second-order valence-electron chi connectivity index (χ2n) is 7.82. The number of urea groups is 1. The summed E-state index contributed by atoms with van der Waals surface area (Å²) in [7, 11) is 0. The molecule has 1 aromatic carbocycles. The molecule has 2 atom stereocenters. The Hall–Kier alpha value is -3.22. The van der Waals surface area contributed by atoms with Crippen LogP contribution in [-0.2, 0) is 21.7 Å². The largest absolute Gasteiger partial charge is 0.480 e. The van der Waals surface area contributed by atoms with E-state index in [1.165, 1.54) is 4.90 Å². The molecule has 0 radical (unpaired) electrons. The Labute approximate surface area is 170 Å². The van der Waals surface area contributed by atoms with Crippen molar-refractivity contribution in [3.8, 4) is 0 Å². The molecule has 1 aliphatic heterocycles. The van der Waals surface area contributed by atoms with Crippen LogP contribution >= 0.6 is 0 Å². The van der Waals surface area contributed by atoms with Crippen molar-refractivity contribution in [2.75, 3.05) is 0 Å². The van der Waals surface area contributed by atoms with E-state index in [4.69, 9.17) is 0 Å². The number of carboxylic acid groups (broad SMARTS) is 1. The average Bonchev–Trinajstić information content (AvgIpc) is 2.89. The molecule has 0 bridgehead atoms. The number of carbonyl (C=O) groups is 3. The van der Waals surface area contributed by atoms with E-state index in [1.54, 1.807) is 31.5 Å². The minimum atomic E-state index is -1.32. The Morgan fingerprint density at radius 1 is 1.10 bits per heavy atom. The highest BCUT2D eigenvalue weighted by molar-refractivity contribution is 6.09. The number of aromatic nitrogens is 1. The lowest BCUT2D eigenvalue weighted by atomic mass is 9.90. The van der Waals surface area contributed by atoms with Gasteiger partial charge in [0.15, 0.2) is 0 Å². The number of rotatable bonds is 7. The number of carbonyl (C=O) groups excluding carboxylic acids is 2. The first-order valence-corrected chi connectivity index (χ1v) is 9.59. The van der Waals surface area contributed by atoms with Gasteiger partial charge in [0.1, 0.15) is 11.6 Å². The summed E-state index contributed by atoms with van der Waals surface area (Å²) in [6.07, 6.45) is 3.31. The molecule has 1 fully saturated rings. The first-order valence-electron chi connectivity index (χ1n) is 9.59. The lowest BCUT2D eigenvalue weighted by molar-refractivity contribution is -0.148. The maximum Gasteiger partial charge on any atom is 0.329 e. The van der Waals surface area contributed by atoms with E-state index in [-0.39, 0.29) is 18.9 Å². The first-order chi connectivity index (χ1) is 13.8. The van der Waals surface area contributed by atoms with Crippen LogP contribution in [-0.4, -0.2) is 43.8 Å². The molecule has 1 aliphatic rings. The number of benzene rings is 1. The SMILES string of the molecule is CC(C)C[C@@H](C(=O)O)N1C(=O)N(Cc2ccccc2)[C@@](C)(c2ccncc2)C1=O. The lowest BCUT2D eigenvalue weighted by Gasteiger charge is -2.32. The predicted molar refractivity (Wildman–Crippen MR) is 107 cm³/mol. The van der Waals surface area contributed by atoms with Crippen LogP contribution in [0.5, 0.6) is 0 Å². The lowest BCUT2D eigenvalue weighted by Crippen LogP contribution is -2.47. The maximum atomic E-state index is 13.5. The van der Waals surface area contributed by atoms with Crippen LogP contribution in [0.4, 0.5) is 4.79 Å². The van der Waals surface area contributed by atoms with Gasteiger partial charge in [0.25, 0.3) is 5.91 Å². The maximum absolute atomic E-state index is 13.5. The fourth-order valence-electron chi connectivity index (χ4n) is 3.74. The van der Waals surface area contributed by atoms with Crippen LogP contribution in [0.15, 0.2) is 54.9 Å². The normalized spacial score (nSPS) is 20.4. The minimum Gasteiger partial charge on any atom is -0.480 e. The van der Waals surface area contributed by atoms with Crippen molar-refractivity contribution in [1.82, 2.24) is 14.8 Å². The van der Waals surface area contributed by atoms with Gasteiger partial charge in [-0.3, -0.25) is 9.78 Å². The average molecular weight is 395 g/mol. The van der Waals surface area contributed by atoms with E-state index in [0.717, 1.165) is 10.5 Å². The van der Waals surface area contributed by atoms with E-state index in [9.17, 15) is 19.5 Å². The van der Waals surface area contributed by atoms with Crippen molar-refractivity contribution in [2.24, 2.45) is 5.92 Å². The van der Waals surface area contributed by atoms with Gasteiger partial charge in [-0.1, -0.05) is 44.2 Å². The summed E-state index contributed by atoms with van der Waals surface area (Å²) >= 11 is 0. The summed E-state index contributed by atoms with van der Waals surface area (Å²) in [5.41, 5.74) is 0.130. The van der Waals surface area contributed by atoms with Gasteiger partial charge in [0.2, 0.25) is 0 Å². The van der Waals surface area contributed by atoms with Crippen LogP contribution in [0.1, 0.15) is 38.3 Å². The fraction of sp³-hybridized carbons (Fsp3) is 0.364. The number of hydrogen-bond donors (Lipinski definition) is 1. The van der Waals surface area contributed by atoms with Gasteiger partial charge < -0.3 is 10.0 Å². The first kappa shape index (κ1) is 20.5. The molecule has 1 aromatic heterocycles. The second-order valence-corrected chi connectivity index (χ2v) is 7.82. The van der Waals surface area contributed by atoms with E-state index in [2.05, 4.69) is 4.98 Å². The molecule has 7 nitrogen and oxygen atoms in total. The minimum absolute atomic E-state index is 0.00653. The number of amides is 3. The van der Waals surface area contributed by atoms with Crippen molar-refractivity contribution >= 4 is 17.9 Å². The summed E-state index contributed by atoms with van der Waals surface area (Å²) in [6.45, 7) is 5.59. The molecular weight excluding hydrogens is 370 g/mol. The third-order valence-electron chi connectivity index (χ3n) is 5.33. The molecule has 29 heavy (non-hydrogen) atoms. The quantitative estimate of drug-likeness (QED) is 0.727. The zero-order valence-corrected chi connectivity index (χ0v) is 16.8. The highest BCUT2D eigenvalue weighted by atomic mass is 16.4. The summed E-state index contributed by atoms with van der Waals surface area (Å²) in [6, 6.07) is 10.9. The van der Waals surface area contributed by atoms with Crippen molar-refractivity contribution < 1.29 is 19.5 Å². The second kappa shape index (κ2) is 8.03. The molecule has 2 heterocycles. The van der Waals surface area contributed by atoms with Gasteiger partial charge >= 0.3 is 12.0 Å². The topological polar surface area (TPSA) is 90.8 Å². The molecule has 0 saturated carbocycles. The fourth-order valence-corrected chi connectivity index (χ4v) is 3.74. The van der Waals surface area contributed by atoms with E-state index in [1.807, 2.05) is 44.2 Å². The third kappa shape index (κ3) is 3.72. The number of imide groups is 1. The van der Waals surface area contributed by atoms with E-state index in [0.29, 0.717) is 5.56 Å². The zero-order chi connectivity index (χ0) is 21.2. The van der Waals surface area contributed by atoms with Gasteiger partial charge in [-0.25, -0.2) is 14.5 Å². The highest BCUT2D eigenvalue weighted by Gasteiger charge is 2.58. The van der Waals surface area contributed by atoms with Gasteiger partial charge in [-0.15, -0.1) is 0 Å². The monoisotopic (exact) mass is 395 g/mol. The van der Waals surface area contributed by atoms with Crippen LogP contribution in [0.25, 0.3) is 0 Å². The van der Waals surface area contributed by atoms with Gasteiger partial charge in [0, 0.05) is 18.9 Å². The Morgan fingerprint density at radius 2 is 1.72 bits per heavy atom. The molecule has 0 aliphatic carbocycles. The third-order valence-corrected chi connectivity index (χ3v) is 5.33. The molecule has 1 N–H and O–H groups in total. The number of hydrogen-bond acceptors (Lipinski definition) is 4. The zero-order valence-electron chi connectivity index (χ0n) is 16.8. The molecule has 7 heteroatoms. The molecule has 1 saturated heterocycles. The van der Waals surface area contributed by atoms with Crippen molar-refractivity contribution in [3.63, 3.8) is 0 Å². The number of carboxylic acids is 1. The Kier molecular flexibility index (Phi) is 5.68. The predicted octanol–water partition coefficient (Wildman–Crippen LogP) is 3.26. The Bertz CT molecular complexity index is 901. The molecule has 2 aromatic rings. The number of nitrogens with zero attached hydrogens (tertiary/aromatic N) is 3.